The molecule has 1 heterocycles. The van der Waals surface area contributed by atoms with E-state index in [4.69, 9.17) is 16.7 Å². The minimum absolute atomic E-state index is 0.0150. The Morgan fingerprint density at radius 1 is 1.06 bits per heavy atom. The minimum Gasteiger partial charge on any atom is -0.314 e. The van der Waals surface area contributed by atoms with E-state index in [0.29, 0.717) is 11.6 Å². The van der Waals surface area contributed by atoms with Crippen molar-refractivity contribution >= 4 is 44.8 Å². The Bertz CT molecular complexity index is 1100. The molecular formula is C25H23BrClN3O. The fourth-order valence-electron chi connectivity index (χ4n) is 3.91. The van der Waals surface area contributed by atoms with Gasteiger partial charge in [0.2, 0.25) is 5.91 Å². The first kappa shape index (κ1) is 21.6. The standard InChI is InChI=1S/C25H23BrClN3O/c1-25(19-6-4-3-5-7-19)17-30(28-24(25)18-8-12-21(27)13-9-18)16-23(31)29(2)22-14-10-20(26)11-15-22/h3-15H,16-17H2,1-2H3. The van der Waals surface area contributed by atoms with Gasteiger partial charge in [-0.3, -0.25) is 9.80 Å². The van der Waals surface area contributed by atoms with Crippen molar-refractivity contribution in [2.75, 3.05) is 25.0 Å². The number of carbonyl (C=O) groups is 1. The maximum atomic E-state index is 13.0. The van der Waals surface area contributed by atoms with Gasteiger partial charge in [-0.25, -0.2) is 0 Å². The fourth-order valence-corrected chi connectivity index (χ4v) is 4.30. The van der Waals surface area contributed by atoms with Crippen molar-refractivity contribution in [2.24, 2.45) is 5.10 Å². The highest BCUT2D eigenvalue weighted by Crippen LogP contribution is 2.35. The molecule has 0 bridgehead atoms. The number of halogens is 2. The maximum absolute atomic E-state index is 13.0. The second-order valence-electron chi connectivity index (χ2n) is 7.91. The highest BCUT2D eigenvalue weighted by atomic mass is 79.9. The summed E-state index contributed by atoms with van der Waals surface area (Å²) in [4.78, 5) is 14.7. The van der Waals surface area contributed by atoms with Crippen LogP contribution in [0.1, 0.15) is 18.1 Å². The van der Waals surface area contributed by atoms with Gasteiger partial charge in [-0.05, 0) is 54.4 Å². The average molecular weight is 497 g/mol. The van der Waals surface area contributed by atoms with Crippen LogP contribution >= 0.6 is 27.5 Å². The van der Waals surface area contributed by atoms with Crippen molar-refractivity contribution in [3.8, 4) is 0 Å². The van der Waals surface area contributed by atoms with Crippen LogP contribution in [0.15, 0.2) is 88.4 Å². The zero-order valence-corrected chi connectivity index (χ0v) is 19.8. The lowest BCUT2D eigenvalue weighted by atomic mass is 9.76. The first-order valence-corrected chi connectivity index (χ1v) is 11.2. The molecule has 1 aliphatic heterocycles. The third kappa shape index (κ3) is 4.53. The van der Waals surface area contributed by atoms with Crippen LogP contribution in [0.5, 0.6) is 0 Å². The quantitative estimate of drug-likeness (QED) is 0.451. The molecule has 0 spiro atoms. The Morgan fingerprint density at radius 2 is 1.71 bits per heavy atom. The first-order valence-electron chi connectivity index (χ1n) is 10.0. The normalized spacial score (nSPS) is 18.1. The van der Waals surface area contributed by atoms with Gasteiger partial charge in [0.1, 0.15) is 6.54 Å². The van der Waals surface area contributed by atoms with E-state index in [1.807, 2.05) is 71.7 Å². The molecule has 0 aromatic heterocycles. The van der Waals surface area contributed by atoms with Crippen molar-refractivity contribution in [3.63, 3.8) is 0 Å². The van der Waals surface area contributed by atoms with Crippen LogP contribution in [0.3, 0.4) is 0 Å². The van der Waals surface area contributed by atoms with Crippen LogP contribution in [-0.2, 0) is 10.2 Å². The Balaban J connectivity index is 1.62. The monoisotopic (exact) mass is 495 g/mol. The maximum Gasteiger partial charge on any atom is 0.248 e. The molecule has 1 unspecified atom stereocenters. The third-order valence-electron chi connectivity index (χ3n) is 5.70. The van der Waals surface area contributed by atoms with Gasteiger partial charge >= 0.3 is 0 Å². The fraction of sp³-hybridized carbons (Fsp3) is 0.200. The molecule has 1 atom stereocenters. The summed E-state index contributed by atoms with van der Waals surface area (Å²) in [6.07, 6.45) is 0. The summed E-state index contributed by atoms with van der Waals surface area (Å²) in [5.41, 5.74) is 3.62. The molecule has 0 saturated carbocycles. The Labute approximate surface area is 196 Å². The predicted octanol–water partition coefficient (Wildman–Crippen LogP) is 5.74. The number of anilines is 1. The molecule has 31 heavy (non-hydrogen) atoms. The van der Waals surface area contributed by atoms with Crippen LogP contribution in [0.25, 0.3) is 0 Å². The Morgan fingerprint density at radius 3 is 2.35 bits per heavy atom. The van der Waals surface area contributed by atoms with Crippen LogP contribution in [-0.4, -0.2) is 36.8 Å². The predicted molar refractivity (Wildman–Crippen MR) is 131 cm³/mol. The minimum atomic E-state index is -0.342. The molecule has 0 radical (unpaired) electrons. The summed E-state index contributed by atoms with van der Waals surface area (Å²) < 4.78 is 0.979. The molecular weight excluding hydrogens is 474 g/mol. The number of carbonyl (C=O) groups excluding carboxylic acids is 1. The van der Waals surface area contributed by atoms with Crippen LogP contribution in [0.4, 0.5) is 5.69 Å². The summed E-state index contributed by atoms with van der Waals surface area (Å²) in [6, 6.07) is 25.7. The van der Waals surface area contributed by atoms with E-state index >= 15 is 0 Å². The molecule has 3 aromatic rings. The summed E-state index contributed by atoms with van der Waals surface area (Å²) in [6.45, 7) is 3.00. The van der Waals surface area contributed by atoms with Gasteiger partial charge in [-0.1, -0.05) is 70.0 Å². The van der Waals surface area contributed by atoms with Gasteiger partial charge in [-0.2, -0.15) is 5.10 Å². The Kier molecular flexibility index (Phi) is 6.17. The van der Waals surface area contributed by atoms with Crippen molar-refractivity contribution < 1.29 is 4.79 Å². The summed E-state index contributed by atoms with van der Waals surface area (Å²) in [5.74, 6) is -0.0150. The van der Waals surface area contributed by atoms with Gasteiger partial charge in [-0.15, -0.1) is 0 Å². The summed E-state index contributed by atoms with van der Waals surface area (Å²) in [7, 11) is 1.79. The topological polar surface area (TPSA) is 35.9 Å². The van der Waals surface area contributed by atoms with E-state index in [1.54, 1.807) is 11.9 Å². The lowest BCUT2D eigenvalue weighted by Gasteiger charge is -2.28. The number of hydrogen-bond donors (Lipinski definition) is 0. The zero-order valence-electron chi connectivity index (χ0n) is 17.4. The van der Waals surface area contributed by atoms with Crippen molar-refractivity contribution in [1.82, 2.24) is 5.01 Å². The molecule has 1 amide bonds. The molecule has 1 aliphatic rings. The van der Waals surface area contributed by atoms with Gasteiger partial charge in [0.15, 0.2) is 0 Å². The molecule has 3 aromatic carbocycles. The highest BCUT2D eigenvalue weighted by Gasteiger charge is 2.41. The Hall–Kier alpha value is -2.63. The molecule has 158 valence electrons. The first-order chi connectivity index (χ1) is 14.9. The highest BCUT2D eigenvalue weighted by molar-refractivity contribution is 9.10. The number of amides is 1. The molecule has 4 nitrogen and oxygen atoms in total. The number of hydrogen-bond acceptors (Lipinski definition) is 3. The number of hydrazone groups is 1. The second-order valence-corrected chi connectivity index (χ2v) is 9.26. The van der Waals surface area contributed by atoms with Crippen LogP contribution in [0.2, 0.25) is 5.02 Å². The van der Waals surface area contributed by atoms with E-state index < -0.39 is 0 Å². The van der Waals surface area contributed by atoms with E-state index in [1.165, 1.54) is 5.56 Å². The van der Waals surface area contributed by atoms with Gasteiger partial charge in [0, 0.05) is 22.2 Å². The van der Waals surface area contributed by atoms with Crippen molar-refractivity contribution in [1.29, 1.82) is 0 Å². The van der Waals surface area contributed by atoms with E-state index in [2.05, 4.69) is 35.0 Å². The van der Waals surface area contributed by atoms with Gasteiger partial charge in [0.05, 0.1) is 17.7 Å². The zero-order chi connectivity index (χ0) is 22.0. The largest absolute Gasteiger partial charge is 0.314 e. The van der Waals surface area contributed by atoms with E-state index in [-0.39, 0.29) is 17.9 Å². The van der Waals surface area contributed by atoms with E-state index in [0.717, 1.165) is 21.4 Å². The molecule has 0 saturated heterocycles. The lowest BCUT2D eigenvalue weighted by Crippen LogP contribution is -2.40. The van der Waals surface area contributed by atoms with Gasteiger partial charge in [0.25, 0.3) is 0 Å². The molecule has 0 N–H and O–H groups in total. The molecule has 0 aliphatic carbocycles. The number of rotatable bonds is 5. The second kappa shape index (κ2) is 8.85. The number of nitrogens with zero attached hydrogens (tertiary/aromatic N) is 3. The summed E-state index contributed by atoms with van der Waals surface area (Å²) in [5, 5.41) is 7.46. The van der Waals surface area contributed by atoms with Crippen LogP contribution < -0.4 is 4.90 Å². The SMILES string of the molecule is CN(C(=O)CN1CC(C)(c2ccccc2)C(c2ccc(Cl)cc2)=N1)c1ccc(Br)cc1. The van der Waals surface area contributed by atoms with Crippen LogP contribution in [0, 0.1) is 0 Å². The molecule has 6 heteroatoms. The van der Waals surface area contributed by atoms with Crippen molar-refractivity contribution in [3.05, 3.63) is 99.5 Å². The smallest absolute Gasteiger partial charge is 0.248 e. The average Bonchev–Trinajstić information content (AvgIpc) is 3.12. The molecule has 4 rings (SSSR count). The van der Waals surface area contributed by atoms with Crippen molar-refractivity contribution in [2.45, 2.75) is 12.3 Å². The third-order valence-corrected chi connectivity index (χ3v) is 6.48. The summed E-state index contributed by atoms with van der Waals surface area (Å²) >= 11 is 9.54. The number of likely N-dealkylation sites (N-methyl/N-ethyl adjacent to an activating group) is 1. The lowest BCUT2D eigenvalue weighted by molar-refractivity contribution is -0.119. The van der Waals surface area contributed by atoms with E-state index in [9.17, 15) is 4.79 Å². The number of benzene rings is 3. The van der Waals surface area contributed by atoms with Gasteiger partial charge < -0.3 is 4.90 Å². The molecule has 0 fully saturated rings.